The molecule has 1 aliphatic rings. The first-order chi connectivity index (χ1) is 14.1. The molecule has 7 nitrogen and oxygen atoms in total. The number of nitrogens with one attached hydrogen (secondary N) is 3. The lowest BCUT2D eigenvalue weighted by molar-refractivity contribution is -0.0261. The van der Waals surface area contributed by atoms with Crippen LogP contribution in [0.25, 0.3) is 0 Å². The maximum Gasteiger partial charge on any atom is 0.251 e. The monoisotopic (exact) mass is 403 g/mol. The smallest absolute Gasteiger partial charge is 0.251 e. The second-order valence-electron chi connectivity index (χ2n) is 7.77. The second kappa shape index (κ2) is 13.2. The Labute approximate surface area is 175 Å². The van der Waals surface area contributed by atoms with E-state index in [2.05, 4.69) is 46.6 Å². The van der Waals surface area contributed by atoms with Gasteiger partial charge in [-0.3, -0.25) is 14.7 Å². The van der Waals surface area contributed by atoms with Gasteiger partial charge >= 0.3 is 0 Å². The molecule has 29 heavy (non-hydrogen) atoms. The Kier molecular flexibility index (Phi) is 10.5. The number of hydrogen-bond donors (Lipinski definition) is 3. The Balaban J connectivity index is 1.68. The normalized spacial score (nSPS) is 17.9. The van der Waals surface area contributed by atoms with Crippen LogP contribution in [-0.2, 0) is 4.74 Å². The summed E-state index contributed by atoms with van der Waals surface area (Å²) in [5.41, 5.74) is 0.689. The van der Waals surface area contributed by atoms with E-state index < -0.39 is 0 Å². The first kappa shape index (κ1) is 23.2. The van der Waals surface area contributed by atoms with Crippen molar-refractivity contribution in [3.63, 3.8) is 0 Å². The van der Waals surface area contributed by atoms with Crippen LogP contribution in [0.4, 0.5) is 0 Å². The zero-order valence-corrected chi connectivity index (χ0v) is 18.1. The molecule has 1 heterocycles. The third-order valence-electron chi connectivity index (χ3n) is 4.61. The SMILES string of the molecule is CCNC(=NCC1CN(CC(C)C)CCO1)NCCCNC(=O)c1ccccc1. The summed E-state index contributed by atoms with van der Waals surface area (Å²) in [5.74, 6) is 1.43. The van der Waals surface area contributed by atoms with Crippen molar-refractivity contribution in [3.8, 4) is 0 Å². The van der Waals surface area contributed by atoms with Crippen LogP contribution in [0.2, 0.25) is 0 Å². The maximum atomic E-state index is 12.0. The van der Waals surface area contributed by atoms with Crippen molar-refractivity contribution in [1.29, 1.82) is 0 Å². The summed E-state index contributed by atoms with van der Waals surface area (Å²) >= 11 is 0. The van der Waals surface area contributed by atoms with E-state index >= 15 is 0 Å². The van der Waals surface area contributed by atoms with Crippen molar-refractivity contribution in [1.82, 2.24) is 20.9 Å². The van der Waals surface area contributed by atoms with Gasteiger partial charge in [-0.15, -0.1) is 0 Å². The van der Waals surface area contributed by atoms with Gasteiger partial charge in [0, 0.05) is 44.8 Å². The van der Waals surface area contributed by atoms with Gasteiger partial charge < -0.3 is 20.7 Å². The van der Waals surface area contributed by atoms with Crippen molar-refractivity contribution in [2.75, 3.05) is 52.4 Å². The van der Waals surface area contributed by atoms with Gasteiger partial charge in [0.25, 0.3) is 5.91 Å². The molecule has 1 saturated heterocycles. The molecule has 7 heteroatoms. The van der Waals surface area contributed by atoms with Gasteiger partial charge in [0.1, 0.15) is 0 Å². The summed E-state index contributed by atoms with van der Waals surface area (Å²) in [6.07, 6.45) is 0.966. The van der Waals surface area contributed by atoms with Crippen LogP contribution < -0.4 is 16.0 Å². The van der Waals surface area contributed by atoms with Gasteiger partial charge in [-0.25, -0.2) is 0 Å². The average molecular weight is 404 g/mol. The lowest BCUT2D eigenvalue weighted by Crippen LogP contribution is -2.46. The van der Waals surface area contributed by atoms with Crippen LogP contribution >= 0.6 is 0 Å². The number of benzene rings is 1. The minimum atomic E-state index is -0.0356. The molecule has 1 aromatic rings. The number of nitrogens with zero attached hydrogens (tertiary/aromatic N) is 2. The molecule has 0 bridgehead atoms. The number of morpholine rings is 1. The van der Waals surface area contributed by atoms with E-state index in [1.165, 1.54) is 0 Å². The lowest BCUT2D eigenvalue weighted by Gasteiger charge is -2.33. The number of rotatable bonds is 10. The minimum absolute atomic E-state index is 0.0356. The number of ether oxygens (including phenoxy) is 1. The quantitative estimate of drug-likeness (QED) is 0.315. The highest BCUT2D eigenvalue weighted by molar-refractivity contribution is 5.94. The lowest BCUT2D eigenvalue weighted by atomic mass is 10.2. The third kappa shape index (κ3) is 9.28. The molecule has 1 unspecified atom stereocenters. The fraction of sp³-hybridized carbons (Fsp3) is 0.636. The number of aliphatic imine (C=N–C) groups is 1. The Morgan fingerprint density at radius 3 is 2.69 bits per heavy atom. The molecular formula is C22H37N5O2. The summed E-state index contributed by atoms with van der Waals surface area (Å²) in [6, 6.07) is 9.28. The molecule has 1 atom stereocenters. The molecule has 1 amide bonds. The number of hydrogen-bond acceptors (Lipinski definition) is 4. The first-order valence-electron chi connectivity index (χ1n) is 10.8. The topological polar surface area (TPSA) is 78.0 Å². The molecule has 1 aromatic carbocycles. The van der Waals surface area contributed by atoms with Crippen molar-refractivity contribution >= 4 is 11.9 Å². The molecule has 2 rings (SSSR count). The number of amides is 1. The highest BCUT2D eigenvalue weighted by atomic mass is 16.5. The molecule has 0 aliphatic carbocycles. The van der Waals surface area contributed by atoms with Crippen LogP contribution in [0.15, 0.2) is 35.3 Å². The Morgan fingerprint density at radius 1 is 1.21 bits per heavy atom. The van der Waals surface area contributed by atoms with Gasteiger partial charge in [-0.05, 0) is 31.4 Å². The Hall–Kier alpha value is -2.12. The van der Waals surface area contributed by atoms with Gasteiger partial charge in [0.05, 0.1) is 19.3 Å². The standard InChI is InChI=1S/C22H37N5O2/c1-4-23-22(26-15-20-17-27(13-14-29-20)16-18(2)3)25-12-8-11-24-21(28)19-9-6-5-7-10-19/h5-7,9-10,18,20H,4,8,11-17H2,1-3H3,(H,24,28)(H2,23,25,26). The van der Waals surface area contributed by atoms with E-state index in [9.17, 15) is 4.79 Å². The van der Waals surface area contributed by atoms with Crippen molar-refractivity contribution in [2.45, 2.75) is 33.3 Å². The van der Waals surface area contributed by atoms with Crippen LogP contribution in [0, 0.1) is 5.92 Å². The first-order valence-corrected chi connectivity index (χ1v) is 10.8. The van der Waals surface area contributed by atoms with E-state index in [0.717, 1.165) is 51.7 Å². The molecule has 0 radical (unpaired) electrons. The summed E-state index contributed by atoms with van der Waals surface area (Å²) in [6.45, 7) is 13.2. The van der Waals surface area contributed by atoms with E-state index in [-0.39, 0.29) is 12.0 Å². The van der Waals surface area contributed by atoms with Gasteiger partial charge in [0.15, 0.2) is 5.96 Å². The summed E-state index contributed by atoms with van der Waals surface area (Å²) in [4.78, 5) is 19.2. The fourth-order valence-corrected chi connectivity index (χ4v) is 3.30. The zero-order chi connectivity index (χ0) is 20.9. The fourth-order valence-electron chi connectivity index (χ4n) is 3.30. The zero-order valence-electron chi connectivity index (χ0n) is 18.1. The van der Waals surface area contributed by atoms with Gasteiger partial charge in [-0.2, -0.15) is 0 Å². The second-order valence-corrected chi connectivity index (χ2v) is 7.77. The van der Waals surface area contributed by atoms with E-state index in [1.807, 2.05) is 30.3 Å². The molecule has 3 N–H and O–H groups in total. The maximum absolute atomic E-state index is 12.0. The van der Waals surface area contributed by atoms with Gasteiger partial charge in [0.2, 0.25) is 0 Å². The van der Waals surface area contributed by atoms with Crippen molar-refractivity contribution < 1.29 is 9.53 Å². The summed E-state index contributed by atoms with van der Waals surface area (Å²) < 4.78 is 5.88. The molecule has 1 aliphatic heterocycles. The predicted molar refractivity (Wildman–Crippen MR) is 118 cm³/mol. The van der Waals surface area contributed by atoms with E-state index in [0.29, 0.717) is 24.6 Å². The highest BCUT2D eigenvalue weighted by Gasteiger charge is 2.20. The largest absolute Gasteiger partial charge is 0.374 e. The molecule has 0 saturated carbocycles. The van der Waals surface area contributed by atoms with Crippen LogP contribution in [-0.4, -0.2) is 75.3 Å². The number of guanidine groups is 1. The van der Waals surface area contributed by atoms with E-state index in [4.69, 9.17) is 4.74 Å². The third-order valence-corrected chi connectivity index (χ3v) is 4.61. The number of carbonyl (C=O) groups excluding carboxylic acids is 1. The minimum Gasteiger partial charge on any atom is -0.374 e. The summed E-state index contributed by atoms with van der Waals surface area (Å²) in [7, 11) is 0. The van der Waals surface area contributed by atoms with Crippen LogP contribution in [0.5, 0.6) is 0 Å². The molecule has 162 valence electrons. The molecule has 0 aromatic heterocycles. The van der Waals surface area contributed by atoms with Crippen molar-refractivity contribution in [3.05, 3.63) is 35.9 Å². The molecular weight excluding hydrogens is 366 g/mol. The summed E-state index contributed by atoms with van der Waals surface area (Å²) in [5, 5.41) is 9.55. The Morgan fingerprint density at radius 2 is 1.97 bits per heavy atom. The van der Waals surface area contributed by atoms with E-state index in [1.54, 1.807) is 0 Å². The van der Waals surface area contributed by atoms with Crippen LogP contribution in [0.3, 0.4) is 0 Å². The van der Waals surface area contributed by atoms with Gasteiger partial charge in [-0.1, -0.05) is 32.0 Å². The van der Waals surface area contributed by atoms with Crippen LogP contribution in [0.1, 0.15) is 37.6 Å². The predicted octanol–water partition coefficient (Wildman–Crippen LogP) is 1.72. The molecule has 1 fully saturated rings. The highest BCUT2D eigenvalue weighted by Crippen LogP contribution is 2.08. The average Bonchev–Trinajstić information content (AvgIpc) is 2.72. The Bertz CT molecular complexity index is 621. The number of carbonyl (C=O) groups is 1. The van der Waals surface area contributed by atoms with Crippen molar-refractivity contribution in [2.24, 2.45) is 10.9 Å². The molecule has 0 spiro atoms.